The number of hydrogen-bond acceptors (Lipinski definition) is 3. The van der Waals surface area contributed by atoms with E-state index >= 15 is 0 Å². The van der Waals surface area contributed by atoms with Gasteiger partial charge in [-0.3, -0.25) is 15.1 Å². The normalized spacial score (nSPS) is 10.5. The van der Waals surface area contributed by atoms with Crippen molar-refractivity contribution in [2.45, 2.75) is 18.7 Å². The third-order valence-electron chi connectivity index (χ3n) is 2.25. The molecule has 2 aromatic rings. The number of aryl methyl sites for hydroxylation is 1. The molecule has 15 heavy (non-hydrogen) atoms. The molecule has 0 amide bonds. The molecule has 4 nitrogen and oxygen atoms in total. The summed E-state index contributed by atoms with van der Waals surface area (Å²) in [5, 5.41) is 8.07. The summed E-state index contributed by atoms with van der Waals surface area (Å²) in [5.41, 5.74) is 4.00. The van der Waals surface area contributed by atoms with Crippen LogP contribution in [0.1, 0.15) is 18.2 Å². The van der Waals surface area contributed by atoms with E-state index in [2.05, 4.69) is 43.0 Å². The van der Waals surface area contributed by atoms with Crippen molar-refractivity contribution in [3.63, 3.8) is 0 Å². The zero-order valence-electron chi connectivity index (χ0n) is 8.37. The fourth-order valence-electron chi connectivity index (χ4n) is 1.47. The molecule has 0 bridgehead atoms. The molecular formula is C10H11BrN4. The summed E-state index contributed by atoms with van der Waals surface area (Å²) in [4.78, 5) is 8.28. The second kappa shape index (κ2) is 4.53. The number of H-pyrrole nitrogens is 1. The van der Waals surface area contributed by atoms with Gasteiger partial charge in [0.2, 0.25) is 0 Å². The second-order valence-electron chi connectivity index (χ2n) is 3.11. The van der Waals surface area contributed by atoms with Gasteiger partial charge in [-0.1, -0.05) is 22.9 Å². The van der Waals surface area contributed by atoms with Crippen molar-refractivity contribution in [1.82, 2.24) is 20.2 Å². The van der Waals surface area contributed by atoms with Gasteiger partial charge in [0.05, 0.1) is 6.20 Å². The predicted molar refractivity (Wildman–Crippen MR) is 61.6 cm³/mol. The van der Waals surface area contributed by atoms with Crippen molar-refractivity contribution in [2.75, 3.05) is 0 Å². The highest BCUT2D eigenvalue weighted by atomic mass is 79.9. The van der Waals surface area contributed by atoms with Crippen LogP contribution in [0, 0.1) is 0 Å². The Balaban J connectivity index is 2.49. The Labute approximate surface area is 96.3 Å². The standard InChI is InChI=1S/C10H11BrN4/c1-2-8-7(5-11)10(15-14-8)9-6-12-3-4-13-9/h3-4,6H,2,5H2,1H3,(H,14,15). The molecule has 0 atom stereocenters. The Kier molecular flexibility index (Phi) is 3.11. The minimum atomic E-state index is 0.776. The molecule has 0 aliphatic rings. The quantitative estimate of drug-likeness (QED) is 0.868. The lowest BCUT2D eigenvalue weighted by Crippen LogP contribution is -1.90. The first kappa shape index (κ1) is 10.3. The number of aromatic amines is 1. The van der Waals surface area contributed by atoms with Crippen molar-refractivity contribution < 1.29 is 0 Å². The molecule has 5 heteroatoms. The van der Waals surface area contributed by atoms with Crippen LogP contribution in [0.2, 0.25) is 0 Å². The van der Waals surface area contributed by atoms with Gasteiger partial charge in [-0.05, 0) is 6.42 Å². The van der Waals surface area contributed by atoms with Crippen molar-refractivity contribution in [3.8, 4) is 11.4 Å². The number of nitrogens with zero attached hydrogens (tertiary/aromatic N) is 3. The van der Waals surface area contributed by atoms with Crippen LogP contribution in [0.3, 0.4) is 0 Å². The number of rotatable bonds is 3. The van der Waals surface area contributed by atoms with Crippen LogP contribution in [-0.4, -0.2) is 20.2 Å². The zero-order chi connectivity index (χ0) is 10.7. The molecular weight excluding hydrogens is 256 g/mol. The fourth-order valence-corrected chi connectivity index (χ4v) is 2.07. The summed E-state index contributed by atoms with van der Waals surface area (Å²) < 4.78 is 0. The molecule has 0 aliphatic heterocycles. The van der Waals surface area contributed by atoms with Gasteiger partial charge in [-0.2, -0.15) is 5.10 Å². The molecule has 0 saturated heterocycles. The highest BCUT2D eigenvalue weighted by molar-refractivity contribution is 9.08. The predicted octanol–water partition coefficient (Wildman–Crippen LogP) is 2.32. The molecule has 0 spiro atoms. The summed E-state index contributed by atoms with van der Waals surface area (Å²) >= 11 is 3.47. The van der Waals surface area contributed by atoms with E-state index in [1.165, 1.54) is 0 Å². The summed E-state index contributed by atoms with van der Waals surface area (Å²) in [6.07, 6.45) is 5.99. The molecule has 78 valence electrons. The highest BCUT2D eigenvalue weighted by Gasteiger charge is 2.13. The maximum atomic E-state index is 4.27. The largest absolute Gasteiger partial charge is 0.282 e. The third kappa shape index (κ3) is 1.92. The Morgan fingerprint density at radius 3 is 2.87 bits per heavy atom. The van der Waals surface area contributed by atoms with Gasteiger partial charge in [0.25, 0.3) is 0 Å². The zero-order valence-corrected chi connectivity index (χ0v) is 9.95. The van der Waals surface area contributed by atoms with Gasteiger partial charge in [0, 0.05) is 29.0 Å². The van der Waals surface area contributed by atoms with Crippen LogP contribution in [-0.2, 0) is 11.8 Å². The van der Waals surface area contributed by atoms with Crippen molar-refractivity contribution in [3.05, 3.63) is 29.8 Å². The number of hydrogen-bond donors (Lipinski definition) is 1. The van der Waals surface area contributed by atoms with Crippen molar-refractivity contribution in [2.24, 2.45) is 0 Å². The summed E-state index contributed by atoms with van der Waals surface area (Å²) in [6, 6.07) is 0. The molecule has 2 heterocycles. The molecule has 0 aromatic carbocycles. The third-order valence-corrected chi connectivity index (χ3v) is 2.81. The fraction of sp³-hybridized carbons (Fsp3) is 0.300. The van der Waals surface area contributed by atoms with Crippen molar-refractivity contribution in [1.29, 1.82) is 0 Å². The van der Waals surface area contributed by atoms with E-state index < -0.39 is 0 Å². The van der Waals surface area contributed by atoms with E-state index in [1.807, 2.05) is 0 Å². The van der Waals surface area contributed by atoms with Gasteiger partial charge in [0.15, 0.2) is 0 Å². The van der Waals surface area contributed by atoms with E-state index in [0.29, 0.717) is 0 Å². The Morgan fingerprint density at radius 2 is 2.27 bits per heavy atom. The molecule has 0 aliphatic carbocycles. The topological polar surface area (TPSA) is 54.5 Å². The average molecular weight is 267 g/mol. The van der Waals surface area contributed by atoms with E-state index in [1.54, 1.807) is 18.6 Å². The van der Waals surface area contributed by atoms with E-state index in [0.717, 1.165) is 34.4 Å². The summed E-state index contributed by atoms with van der Waals surface area (Å²) in [7, 11) is 0. The number of nitrogens with one attached hydrogen (secondary N) is 1. The van der Waals surface area contributed by atoms with Gasteiger partial charge >= 0.3 is 0 Å². The lowest BCUT2D eigenvalue weighted by atomic mass is 10.1. The lowest BCUT2D eigenvalue weighted by Gasteiger charge is -1.99. The molecule has 0 fully saturated rings. The first-order chi connectivity index (χ1) is 7.36. The van der Waals surface area contributed by atoms with Crippen LogP contribution in [0.15, 0.2) is 18.6 Å². The first-order valence-corrected chi connectivity index (χ1v) is 5.87. The number of aromatic nitrogens is 4. The molecule has 1 N–H and O–H groups in total. The molecule has 0 unspecified atom stereocenters. The summed E-state index contributed by atoms with van der Waals surface area (Å²) in [5.74, 6) is 0. The van der Waals surface area contributed by atoms with Gasteiger partial charge in [0.1, 0.15) is 11.4 Å². The summed E-state index contributed by atoms with van der Waals surface area (Å²) in [6.45, 7) is 2.10. The Bertz CT molecular complexity index is 438. The maximum Gasteiger partial charge on any atom is 0.116 e. The monoisotopic (exact) mass is 266 g/mol. The van der Waals surface area contributed by atoms with Crippen LogP contribution >= 0.6 is 15.9 Å². The SMILES string of the molecule is CCc1[nH]nc(-c2cnccn2)c1CBr. The molecule has 0 saturated carbocycles. The van der Waals surface area contributed by atoms with E-state index in [4.69, 9.17) is 0 Å². The number of halogens is 1. The highest BCUT2D eigenvalue weighted by Crippen LogP contribution is 2.23. The molecule has 0 radical (unpaired) electrons. The van der Waals surface area contributed by atoms with Crippen LogP contribution < -0.4 is 0 Å². The van der Waals surface area contributed by atoms with Crippen LogP contribution in [0.4, 0.5) is 0 Å². The van der Waals surface area contributed by atoms with Crippen molar-refractivity contribution >= 4 is 15.9 Å². The van der Waals surface area contributed by atoms with Gasteiger partial charge < -0.3 is 0 Å². The average Bonchev–Trinajstić information content (AvgIpc) is 2.72. The molecule has 2 rings (SSSR count). The minimum absolute atomic E-state index is 0.776. The first-order valence-electron chi connectivity index (χ1n) is 4.75. The van der Waals surface area contributed by atoms with Crippen LogP contribution in [0.5, 0.6) is 0 Å². The lowest BCUT2D eigenvalue weighted by molar-refractivity contribution is 0.967. The van der Waals surface area contributed by atoms with Gasteiger partial charge in [-0.25, -0.2) is 0 Å². The smallest absolute Gasteiger partial charge is 0.116 e. The Morgan fingerprint density at radius 1 is 1.40 bits per heavy atom. The second-order valence-corrected chi connectivity index (χ2v) is 3.67. The van der Waals surface area contributed by atoms with Crippen LogP contribution in [0.25, 0.3) is 11.4 Å². The molecule has 2 aromatic heterocycles. The van der Waals surface area contributed by atoms with Gasteiger partial charge in [-0.15, -0.1) is 0 Å². The number of alkyl halides is 1. The minimum Gasteiger partial charge on any atom is -0.282 e. The van der Waals surface area contributed by atoms with E-state index in [9.17, 15) is 0 Å². The Hall–Kier alpha value is -1.23. The maximum absolute atomic E-state index is 4.27. The van der Waals surface area contributed by atoms with E-state index in [-0.39, 0.29) is 0 Å².